The zero-order valence-electron chi connectivity index (χ0n) is 14.4. The lowest BCUT2D eigenvalue weighted by atomic mass is 10.1. The number of amides is 1. The van der Waals surface area contributed by atoms with E-state index in [1.807, 2.05) is 36.4 Å². The van der Waals surface area contributed by atoms with Crippen molar-refractivity contribution < 1.29 is 23.5 Å². The van der Waals surface area contributed by atoms with Gasteiger partial charge in [-0.15, -0.1) is 0 Å². The lowest BCUT2D eigenvalue weighted by molar-refractivity contribution is -0.147. The van der Waals surface area contributed by atoms with Gasteiger partial charge in [0, 0.05) is 23.6 Å². The van der Waals surface area contributed by atoms with Crippen LogP contribution >= 0.6 is 0 Å². The summed E-state index contributed by atoms with van der Waals surface area (Å²) >= 11 is 0. The molecule has 0 aliphatic rings. The van der Waals surface area contributed by atoms with E-state index in [-0.39, 0.29) is 18.9 Å². The maximum Gasteiger partial charge on any atom is 0.310 e. The van der Waals surface area contributed by atoms with Crippen LogP contribution in [-0.2, 0) is 27.3 Å². The fourth-order valence-electron chi connectivity index (χ4n) is 2.53. The number of carbonyl (C=O) groups excluding carboxylic acids is 2. The van der Waals surface area contributed by atoms with Crippen molar-refractivity contribution in [2.24, 2.45) is 0 Å². The number of ether oxygens (including phenoxy) is 2. The number of carbonyl (C=O) groups is 2. The van der Waals surface area contributed by atoms with E-state index in [0.717, 1.165) is 10.9 Å². The summed E-state index contributed by atoms with van der Waals surface area (Å²) in [6.45, 7) is 0.0840. The van der Waals surface area contributed by atoms with Gasteiger partial charge in [0.25, 0.3) is 5.91 Å². The largest absolute Gasteiger partial charge is 0.497 e. The van der Waals surface area contributed by atoms with Gasteiger partial charge in [0.15, 0.2) is 6.61 Å². The molecule has 6 heteroatoms. The highest BCUT2D eigenvalue weighted by atomic mass is 16.5. The summed E-state index contributed by atoms with van der Waals surface area (Å²) in [4.78, 5) is 23.8. The summed E-state index contributed by atoms with van der Waals surface area (Å²) in [5.74, 6) is -0.154. The summed E-state index contributed by atoms with van der Waals surface area (Å²) < 4.78 is 15.6. The Labute approximate surface area is 150 Å². The minimum Gasteiger partial charge on any atom is -0.497 e. The Morgan fingerprint density at radius 1 is 1.12 bits per heavy atom. The molecular formula is C20H19NO5. The molecule has 0 saturated carbocycles. The van der Waals surface area contributed by atoms with Crippen LogP contribution in [-0.4, -0.2) is 25.6 Å². The van der Waals surface area contributed by atoms with Crippen molar-refractivity contribution in [3.8, 4) is 5.75 Å². The molecule has 3 aromatic rings. The highest BCUT2D eigenvalue weighted by Gasteiger charge is 2.13. The first-order valence-corrected chi connectivity index (χ1v) is 8.16. The Hall–Kier alpha value is -3.28. The van der Waals surface area contributed by atoms with Crippen LogP contribution in [0.3, 0.4) is 0 Å². The number of methoxy groups -OCH3 is 1. The van der Waals surface area contributed by atoms with Crippen molar-refractivity contribution in [3.63, 3.8) is 0 Å². The second-order valence-corrected chi connectivity index (χ2v) is 5.72. The summed E-state index contributed by atoms with van der Waals surface area (Å²) in [5, 5.41) is 3.52. The van der Waals surface area contributed by atoms with Crippen LogP contribution < -0.4 is 10.1 Å². The lowest BCUT2D eigenvalue weighted by Gasteiger charge is -2.06. The van der Waals surface area contributed by atoms with E-state index < -0.39 is 5.97 Å². The van der Waals surface area contributed by atoms with Gasteiger partial charge < -0.3 is 19.2 Å². The molecule has 0 spiro atoms. The number of esters is 1. The van der Waals surface area contributed by atoms with E-state index >= 15 is 0 Å². The van der Waals surface area contributed by atoms with E-state index in [0.29, 0.717) is 23.4 Å². The predicted molar refractivity (Wildman–Crippen MR) is 95.7 cm³/mol. The van der Waals surface area contributed by atoms with Crippen molar-refractivity contribution in [2.45, 2.75) is 13.0 Å². The Morgan fingerprint density at radius 3 is 2.69 bits per heavy atom. The Kier molecular flexibility index (Phi) is 5.53. The quantitative estimate of drug-likeness (QED) is 0.661. The molecule has 3 rings (SSSR count). The Balaban J connectivity index is 1.49. The van der Waals surface area contributed by atoms with E-state index in [1.165, 1.54) is 6.26 Å². The summed E-state index contributed by atoms with van der Waals surface area (Å²) in [5.41, 5.74) is 2.32. The third-order valence-corrected chi connectivity index (χ3v) is 3.89. The van der Waals surface area contributed by atoms with Gasteiger partial charge in [-0.05, 0) is 17.7 Å². The Bertz CT molecular complexity index is 901. The fourth-order valence-corrected chi connectivity index (χ4v) is 2.53. The molecule has 0 aliphatic carbocycles. The first-order chi connectivity index (χ1) is 12.7. The van der Waals surface area contributed by atoms with Crippen LogP contribution in [0.5, 0.6) is 5.75 Å². The van der Waals surface area contributed by atoms with Gasteiger partial charge in [-0.25, -0.2) is 0 Å². The van der Waals surface area contributed by atoms with E-state index in [9.17, 15) is 9.59 Å². The average molecular weight is 353 g/mol. The molecule has 0 radical (unpaired) electrons. The van der Waals surface area contributed by atoms with Crippen molar-refractivity contribution in [1.82, 2.24) is 5.32 Å². The third kappa shape index (κ3) is 4.42. The van der Waals surface area contributed by atoms with Gasteiger partial charge in [0.2, 0.25) is 0 Å². The molecule has 1 heterocycles. The van der Waals surface area contributed by atoms with Gasteiger partial charge >= 0.3 is 5.97 Å². The zero-order valence-corrected chi connectivity index (χ0v) is 14.4. The second-order valence-electron chi connectivity index (χ2n) is 5.72. The minimum absolute atomic E-state index is 0.0330. The summed E-state index contributed by atoms with van der Waals surface area (Å²) in [7, 11) is 1.57. The van der Waals surface area contributed by atoms with Crippen LogP contribution in [0.2, 0.25) is 0 Å². The molecule has 1 amide bonds. The maximum atomic E-state index is 12.0. The van der Waals surface area contributed by atoms with Gasteiger partial charge in [-0.2, -0.15) is 0 Å². The number of rotatable bonds is 7. The van der Waals surface area contributed by atoms with Crippen LogP contribution in [0.15, 0.2) is 59.2 Å². The standard InChI is InChI=1S/C20H19NO5/c1-24-16-7-8-17-15(12-25-18(17)10-16)9-20(23)26-13-19(22)21-11-14-5-3-2-4-6-14/h2-8,10,12H,9,11,13H2,1H3,(H,21,22). The van der Waals surface area contributed by atoms with Crippen LogP contribution in [0, 0.1) is 0 Å². The molecular weight excluding hydrogens is 334 g/mol. The topological polar surface area (TPSA) is 77.8 Å². The Morgan fingerprint density at radius 2 is 1.92 bits per heavy atom. The molecule has 26 heavy (non-hydrogen) atoms. The van der Waals surface area contributed by atoms with Crippen molar-refractivity contribution >= 4 is 22.8 Å². The molecule has 0 unspecified atom stereocenters. The van der Waals surface area contributed by atoms with E-state index in [2.05, 4.69) is 5.32 Å². The SMILES string of the molecule is COc1ccc2c(CC(=O)OCC(=O)NCc3ccccc3)coc2c1. The fraction of sp³-hybridized carbons (Fsp3) is 0.200. The molecule has 0 bridgehead atoms. The second kappa shape index (κ2) is 8.20. The van der Waals surface area contributed by atoms with Crippen molar-refractivity contribution in [2.75, 3.05) is 13.7 Å². The molecule has 1 aromatic heterocycles. The molecule has 134 valence electrons. The third-order valence-electron chi connectivity index (χ3n) is 3.89. The first-order valence-electron chi connectivity index (χ1n) is 8.16. The highest BCUT2D eigenvalue weighted by Crippen LogP contribution is 2.26. The number of hydrogen-bond acceptors (Lipinski definition) is 5. The summed E-state index contributed by atoms with van der Waals surface area (Å²) in [6, 6.07) is 14.9. The molecule has 1 N–H and O–H groups in total. The predicted octanol–water partition coefficient (Wildman–Crippen LogP) is 2.84. The number of hydrogen-bond donors (Lipinski definition) is 1. The molecule has 0 atom stereocenters. The molecule has 2 aromatic carbocycles. The minimum atomic E-state index is -0.488. The molecule has 0 fully saturated rings. The average Bonchev–Trinajstić information content (AvgIpc) is 3.07. The normalized spacial score (nSPS) is 10.5. The monoisotopic (exact) mass is 353 g/mol. The number of nitrogens with one attached hydrogen (secondary N) is 1. The first kappa shape index (κ1) is 17.5. The van der Waals surface area contributed by atoms with E-state index in [1.54, 1.807) is 19.2 Å². The van der Waals surface area contributed by atoms with Crippen LogP contribution in [0.25, 0.3) is 11.0 Å². The van der Waals surface area contributed by atoms with Crippen molar-refractivity contribution in [3.05, 3.63) is 65.9 Å². The van der Waals surface area contributed by atoms with Crippen LogP contribution in [0.4, 0.5) is 0 Å². The van der Waals surface area contributed by atoms with Gasteiger partial charge in [-0.1, -0.05) is 30.3 Å². The number of fused-ring (bicyclic) bond motifs is 1. The summed E-state index contributed by atoms with van der Waals surface area (Å²) in [6.07, 6.45) is 1.55. The van der Waals surface area contributed by atoms with Crippen LogP contribution in [0.1, 0.15) is 11.1 Å². The highest BCUT2D eigenvalue weighted by molar-refractivity contribution is 5.87. The molecule has 0 saturated heterocycles. The smallest absolute Gasteiger partial charge is 0.310 e. The number of benzene rings is 2. The van der Waals surface area contributed by atoms with Gasteiger partial charge in [-0.3, -0.25) is 9.59 Å². The maximum absolute atomic E-state index is 12.0. The lowest BCUT2D eigenvalue weighted by Crippen LogP contribution is -2.28. The molecule has 0 aliphatic heterocycles. The molecule has 6 nitrogen and oxygen atoms in total. The van der Waals surface area contributed by atoms with Gasteiger partial charge in [0.05, 0.1) is 19.8 Å². The number of furan rings is 1. The van der Waals surface area contributed by atoms with E-state index in [4.69, 9.17) is 13.9 Å². The zero-order chi connectivity index (χ0) is 18.4. The van der Waals surface area contributed by atoms with Gasteiger partial charge in [0.1, 0.15) is 11.3 Å². The van der Waals surface area contributed by atoms with Crippen molar-refractivity contribution in [1.29, 1.82) is 0 Å².